The number of allylic oxidation sites excluding steroid dienone is 2. The fourth-order valence-corrected chi connectivity index (χ4v) is 4.09. The number of pyridine rings is 1. The van der Waals surface area contributed by atoms with E-state index in [0.717, 1.165) is 54.2 Å². The first-order valence-corrected chi connectivity index (χ1v) is 11.1. The third kappa shape index (κ3) is 5.22. The van der Waals surface area contributed by atoms with Gasteiger partial charge in [-0.3, -0.25) is 0 Å². The number of nitrogens with zero attached hydrogens (tertiary/aromatic N) is 1. The van der Waals surface area contributed by atoms with Crippen LogP contribution >= 0.6 is 11.6 Å². The molecular weight excluding hydrogens is 448 g/mol. The van der Waals surface area contributed by atoms with Gasteiger partial charge in [0.1, 0.15) is 29.7 Å². The summed E-state index contributed by atoms with van der Waals surface area (Å²) in [5.74, 6) is -1.02. The van der Waals surface area contributed by atoms with Crippen molar-refractivity contribution in [2.24, 2.45) is 0 Å². The lowest BCUT2D eigenvalue weighted by Gasteiger charge is -2.15. The molecule has 0 bridgehead atoms. The summed E-state index contributed by atoms with van der Waals surface area (Å²) in [4.78, 5) is 16.7. The normalized spacial score (nSPS) is 13.3. The summed E-state index contributed by atoms with van der Waals surface area (Å²) in [5.41, 5.74) is 3.83. The summed E-state index contributed by atoms with van der Waals surface area (Å²) in [6, 6.07) is 13.7. The van der Waals surface area contributed by atoms with E-state index in [1.54, 1.807) is 37.3 Å². The van der Waals surface area contributed by atoms with Gasteiger partial charge < -0.3 is 9.47 Å². The molecule has 0 radical (unpaired) electrons. The lowest BCUT2D eigenvalue weighted by atomic mass is 9.99. The lowest BCUT2D eigenvalue weighted by Crippen LogP contribution is -2.08. The fraction of sp³-hybridized carbons (Fsp3) is 0.231. The maximum atomic E-state index is 14.1. The summed E-state index contributed by atoms with van der Waals surface area (Å²) in [7, 11) is 0. The quantitative estimate of drug-likeness (QED) is 0.354. The Labute approximate surface area is 195 Å². The molecule has 0 N–H and O–H groups in total. The second-order valence-electron chi connectivity index (χ2n) is 7.60. The Morgan fingerprint density at radius 1 is 1.06 bits per heavy atom. The molecule has 0 unspecified atom stereocenters. The SMILES string of the molecule is CCOC(=O)c1cccc(C2=C(c3cc(Cl)ccc3OCc3cc(F)ccc3F)CCC2)n1. The Morgan fingerprint density at radius 2 is 1.88 bits per heavy atom. The maximum Gasteiger partial charge on any atom is 0.356 e. The van der Waals surface area contributed by atoms with Gasteiger partial charge in [-0.25, -0.2) is 18.6 Å². The van der Waals surface area contributed by atoms with E-state index in [4.69, 9.17) is 21.1 Å². The minimum atomic E-state index is -0.535. The summed E-state index contributed by atoms with van der Waals surface area (Å²) in [6.45, 7) is 1.89. The van der Waals surface area contributed by atoms with E-state index in [2.05, 4.69) is 4.98 Å². The summed E-state index contributed by atoms with van der Waals surface area (Å²) in [5, 5.41) is 0.529. The Balaban J connectivity index is 1.70. The first-order valence-electron chi connectivity index (χ1n) is 10.7. The van der Waals surface area contributed by atoms with Gasteiger partial charge in [-0.05, 0) is 85.9 Å². The molecule has 1 aromatic heterocycles. The molecule has 0 saturated carbocycles. The van der Waals surface area contributed by atoms with Crippen molar-refractivity contribution in [2.75, 3.05) is 6.61 Å². The Kier molecular flexibility index (Phi) is 7.04. The van der Waals surface area contributed by atoms with Crippen molar-refractivity contribution in [1.29, 1.82) is 0 Å². The van der Waals surface area contributed by atoms with Crippen LogP contribution in [0, 0.1) is 11.6 Å². The molecule has 0 amide bonds. The standard InChI is InChI=1S/C26H22ClF2NO3/c1-2-32-26(31)24-8-4-7-23(30-24)20-6-3-5-19(20)21-14-17(27)9-12-25(21)33-15-16-13-18(28)10-11-22(16)29/h4,7-14H,2-3,5-6,15H2,1H3. The number of benzene rings is 2. The predicted octanol–water partition coefficient (Wildman–Crippen LogP) is 6.86. The number of hydrogen-bond donors (Lipinski definition) is 0. The molecule has 0 spiro atoms. The maximum absolute atomic E-state index is 14.1. The molecule has 4 nitrogen and oxygen atoms in total. The van der Waals surface area contributed by atoms with Gasteiger partial charge in [0.15, 0.2) is 0 Å². The van der Waals surface area contributed by atoms with Crippen LogP contribution in [0.3, 0.4) is 0 Å². The number of halogens is 3. The second kappa shape index (κ2) is 10.1. The average molecular weight is 470 g/mol. The van der Waals surface area contributed by atoms with E-state index in [9.17, 15) is 13.6 Å². The van der Waals surface area contributed by atoms with Gasteiger partial charge >= 0.3 is 5.97 Å². The zero-order chi connectivity index (χ0) is 23.4. The first-order chi connectivity index (χ1) is 16.0. The molecule has 0 atom stereocenters. The predicted molar refractivity (Wildman–Crippen MR) is 123 cm³/mol. The second-order valence-corrected chi connectivity index (χ2v) is 8.04. The van der Waals surface area contributed by atoms with Gasteiger partial charge in [0, 0.05) is 16.1 Å². The van der Waals surface area contributed by atoms with Gasteiger partial charge in [0.05, 0.1) is 12.3 Å². The molecule has 170 valence electrons. The van der Waals surface area contributed by atoms with Crippen LogP contribution in [0.5, 0.6) is 5.75 Å². The molecule has 33 heavy (non-hydrogen) atoms. The molecule has 1 heterocycles. The van der Waals surface area contributed by atoms with Crippen molar-refractivity contribution in [3.63, 3.8) is 0 Å². The minimum Gasteiger partial charge on any atom is -0.488 e. The summed E-state index contributed by atoms with van der Waals surface area (Å²) < 4.78 is 38.6. The molecule has 0 aliphatic heterocycles. The Bertz CT molecular complexity index is 1230. The zero-order valence-corrected chi connectivity index (χ0v) is 18.8. The van der Waals surface area contributed by atoms with E-state index in [-0.39, 0.29) is 24.5 Å². The van der Waals surface area contributed by atoms with Crippen molar-refractivity contribution in [1.82, 2.24) is 4.98 Å². The molecule has 0 saturated heterocycles. The molecule has 1 aliphatic rings. The van der Waals surface area contributed by atoms with Crippen LogP contribution in [0.15, 0.2) is 54.6 Å². The van der Waals surface area contributed by atoms with E-state index in [1.807, 2.05) is 6.07 Å². The van der Waals surface area contributed by atoms with Crippen LogP contribution in [0.1, 0.15) is 53.5 Å². The largest absolute Gasteiger partial charge is 0.488 e. The van der Waals surface area contributed by atoms with Gasteiger partial charge in [-0.15, -0.1) is 0 Å². The van der Waals surface area contributed by atoms with Crippen molar-refractivity contribution in [3.8, 4) is 5.75 Å². The number of carbonyl (C=O) groups is 1. The van der Waals surface area contributed by atoms with Gasteiger partial charge in [-0.1, -0.05) is 17.7 Å². The van der Waals surface area contributed by atoms with Crippen LogP contribution < -0.4 is 4.74 Å². The van der Waals surface area contributed by atoms with E-state index < -0.39 is 17.6 Å². The molecule has 3 aromatic rings. The average Bonchev–Trinajstić information content (AvgIpc) is 3.30. The topological polar surface area (TPSA) is 48.4 Å². The summed E-state index contributed by atoms with van der Waals surface area (Å²) >= 11 is 6.29. The third-order valence-corrected chi connectivity index (χ3v) is 5.65. The van der Waals surface area contributed by atoms with Crippen LogP contribution in [0.2, 0.25) is 5.02 Å². The van der Waals surface area contributed by atoms with Crippen LogP contribution in [-0.4, -0.2) is 17.6 Å². The van der Waals surface area contributed by atoms with Gasteiger partial charge in [0.25, 0.3) is 0 Å². The first kappa shape index (κ1) is 22.9. The number of rotatable bonds is 7. The molecule has 1 aliphatic carbocycles. The zero-order valence-electron chi connectivity index (χ0n) is 18.0. The number of ether oxygens (including phenoxy) is 2. The smallest absolute Gasteiger partial charge is 0.356 e. The number of carbonyl (C=O) groups excluding carboxylic acids is 1. The van der Waals surface area contributed by atoms with Crippen LogP contribution in [-0.2, 0) is 11.3 Å². The monoisotopic (exact) mass is 469 g/mol. The highest BCUT2D eigenvalue weighted by molar-refractivity contribution is 6.30. The summed E-state index contributed by atoms with van der Waals surface area (Å²) in [6.07, 6.45) is 2.45. The highest BCUT2D eigenvalue weighted by Crippen LogP contribution is 2.43. The highest BCUT2D eigenvalue weighted by Gasteiger charge is 2.23. The molecule has 4 rings (SSSR count). The molecule has 0 fully saturated rings. The fourth-order valence-electron chi connectivity index (χ4n) is 3.92. The number of hydrogen-bond acceptors (Lipinski definition) is 4. The minimum absolute atomic E-state index is 0.125. The Hall–Kier alpha value is -3.25. The molecular formula is C26H22ClF2NO3. The highest BCUT2D eigenvalue weighted by atomic mass is 35.5. The lowest BCUT2D eigenvalue weighted by molar-refractivity contribution is 0.0519. The molecule has 2 aromatic carbocycles. The van der Waals surface area contributed by atoms with Crippen molar-refractivity contribution in [2.45, 2.75) is 32.8 Å². The third-order valence-electron chi connectivity index (χ3n) is 5.42. The van der Waals surface area contributed by atoms with Gasteiger partial charge in [0.2, 0.25) is 0 Å². The van der Waals surface area contributed by atoms with E-state index in [0.29, 0.717) is 16.5 Å². The van der Waals surface area contributed by atoms with Crippen molar-refractivity contribution < 1.29 is 23.0 Å². The molecule has 7 heteroatoms. The van der Waals surface area contributed by atoms with Crippen LogP contribution in [0.4, 0.5) is 8.78 Å². The number of esters is 1. The Morgan fingerprint density at radius 3 is 2.70 bits per heavy atom. The van der Waals surface area contributed by atoms with Crippen molar-refractivity contribution in [3.05, 3.63) is 93.8 Å². The van der Waals surface area contributed by atoms with Gasteiger partial charge in [-0.2, -0.15) is 0 Å². The van der Waals surface area contributed by atoms with Crippen LogP contribution in [0.25, 0.3) is 11.1 Å². The van der Waals surface area contributed by atoms with Crippen molar-refractivity contribution >= 4 is 28.7 Å². The van der Waals surface area contributed by atoms with E-state index in [1.165, 1.54) is 0 Å². The number of aromatic nitrogens is 1. The van der Waals surface area contributed by atoms with E-state index >= 15 is 0 Å².